The Labute approximate surface area is 83.1 Å². The second-order valence-electron chi connectivity index (χ2n) is 3.58. The third-order valence-electron chi connectivity index (χ3n) is 2.35. The van der Waals surface area contributed by atoms with E-state index in [1.807, 2.05) is 30.3 Å². The van der Waals surface area contributed by atoms with Gasteiger partial charge in [-0.3, -0.25) is 4.79 Å². The number of hydrogen-bond donors (Lipinski definition) is 0. The molecule has 74 valence electrons. The van der Waals surface area contributed by atoms with E-state index in [2.05, 4.69) is 5.18 Å². The molecule has 0 aromatic heterocycles. The minimum absolute atomic E-state index is 0.198. The Bertz CT molecular complexity index is 334. The zero-order chi connectivity index (χ0) is 10.6. The van der Waals surface area contributed by atoms with Gasteiger partial charge >= 0.3 is 0 Å². The fourth-order valence-electron chi connectivity index (χ4n) is 1.21. The number of hydrogen-bond acceptors (Lipinski definition) is 3. The first-order valence-corrected chi connectivity index (χ1v) is 4.48. The van der Waals surface area contributed by atoms with Gasteiger partial charge in [-0.1, -0.05) is 35.5 Å². The van der Waals surface area contributed by atoms with Crippen molar-refractivity contribution in [2.75, 3.05) is 0 Å². The Hall–Kier alpha value is -1.51. The van der Waals surface area contributed by atoms with Gasteiger partial charge in [0.25, 0.3) is 0 Å². The van der Waals surface area contributed by atoms with Crippen molar-refractivity contribution in [2.24, 2.45) is 5.18 Å². The minimum Gasteiger partial charge on any atom is -0.297 e. The Kier molecular flexibility index (Phi) is 3.12. The van der Waals surface area contributed by atoms with E-state index in [0.29, 0.717) is 6.42 Å². The zero-order valence-electron chi connectivity index (χ0n) is 8.36. The molecule has 0 aliphatic heterocycles. The van der Waals surface area contributed by atoms with Crippen molar-refractivity contribution < 1.29 is 4.79 Å². The zero-order valence-corrected chi connectivity index (χ0v) is 8.36. The summed E-state index contributed by atoms with van der Waals surface area (Å²) in [5, 5.41) is 2.92. The highest BCUT2D eigenvalue weighted by molar-refractivity contribution is 5.86. The highest BCUT2D eigenvalue weighted by atomic mass is 16.3. The number of carbonyl (C=O) groups is 1. The summed E-state index contributed by atoms with van der Waals surface area (Å²) in [5.41, 5.74) is -0.175. The van der Waals surface area contributed by atoms with E-state index >= 15 is 0 Å². The number of ketones is 1. The summed E-state index contributed by atoms with van der Waals surface area (Å²) in [6.45, 7) is 2.96. The SMILES string of the molecule is CC(=O)C(C)(Cc1ccccc1)N=O. The quantitative estimate of drug-likeness (QED) is 0.686. The second kappa shape index (κ2) is 4.13. The van der Waals surface area contributed by atoms with Gasteiger partial charge in [0.2, 0.25) is 0 Å². The predicted octanol–water partition coefficient (Wildman–Crippen LogP) is 2.34. The average molecular weight is 191 g/mol. The number of rotatable bonds is 4. The molecule has 0 heterocycles. The molecule has 0 radical (unpaired) electrons. The fraction of sp³-hybridized carbons (Fsp3) is 0.364. The van der Waals surface area contributed by atoms with Crippen LogP contribution in [0.2, 0.25) is 0 Å². The maximum Gasteiger partial charge on any atom is 0.161 e. The van der Waals surface area contributed by atoms with Crippen LogP contribution in [0.4, 0.5) is 0 Å². The third-order valence-corrected chi connectivity index (χ3v) is 2.35. The van der Waals surface area contributed by atoms with Crippen molar-refractivity contribution in [3.05, 3.63) is 40.8 Å². The summed E-state index contributed by atoms with van der Waals surface area (Å²) >= 11 is 0. The van der Waals surface area contributed by atoms with Gasteiger partial charge in [0.05, 0.1) is 0 Å². The van der Waals surface area contributed by atoms with E-state index in [4.69, 9.17) is 0 Å². The topological polar surface area (TPSA) is 46.5 Å². The highest BCUT2D eigenvalue weighted by Crippen LogP contribution is 2.18. The normalized spacial score (nSPS) is 14.4. The number of benzene rings is 1. The first-order valence-electron chi connectivity index (χ1n) is 4.48. The van der Waals surface area contributed by atoms with Crippen molar-refractivity contribution in [1.82, 2.24) is 0 Å². The van der Waals surface area contributed by atoms with Gasteiger partial charge in [0, 0.05) is 6.42 Å². The lowest BCUT2D eigenvalue weighted by Gasteiger charge is -2.17. The van der Waals surface area contributed by atoms with E-state index in [0.717, 1.165) is 5.56 Å². The lowest BCUT2D eigenvalue weighted by atomic mass is 9.90. The monoisotopic (exact) mass is 191 g/mol. The Morgan fingerprint density at radius 2 is 1.93 bits per heavy atom. The standard InChI is InChI=1S/C11H13NO2/c1-9(13)11(2,12-14)8-10-6-4-3-5-7-10/h3-7H,8H2,1-2H3. The highest BCUT2D eigenvalue weighted by Gasteiger charge is 2.31. The van der Waals surface area contributed by atoms with Gasteiger partial charge in [0.1, 0.15) is 0 Å². The van der Waals surface area contributed by atoms with Gasteiger partial charge in [0.15, 0.2) is 11.3 Å². The molecular weight excluding hydrogens is 178 g/mol. The van der Waals surface area contributed by atoms with Crippen molar-refractivity contribution >= 4 is 5.78 Å². The van der Waals surface area contributed by atoms with Crippen molar-refractivity contribution in [3.63, 3.8) is 0 Å². The fourth-order valence-corrected chi connectivity index (χ4v) is 1.21. The van der Waals surface area contributed by atoms with Crippen molar-refractivity contribution in [1.29, 1.82) is 0 Å². The Morgan fingerprint density at radius 3 is 2.36 bits per heavy atom. The van der Waals surface area contributed by atoms with Gasteiger partial charge in [-0.2, -0.15) is 0 Å². The molecule has 1 atom stereocenters. The molecule has 1 aromatic carbocycles. The molecular formula is C11H13NO2. The summed E-state index contributed by atoms with van der Waals surface area (Å²) in [5.74, 6) is -0.198. The van der Waals surface area contributed by atoms with E-state index in [1.165, 1.54) is 6.92 Å². The van der Waals surface area contributed by atoms with E-state index < -0.39 is 5.54 Å². The summed E-state index contributed by atoms with van der Waals surface area (Å²) in [4.78, 5) is 21.8. The van der Waals surface area contributed by atoms with Gasteiger partial charge in [-0.15, -0.1) is 4.91 Å². The van der Waals surface area contributed by atoms with Crippen molar-refractivity contribution in [3.8, 4) is 0 Å². The molecule has 0 fully saturated rings. The van der Waals surface area contributed by atoms with Crippen LogP contribution in [-0.2, 0) is 11.2 Å². The van der Waals surface area contributed by atoms with Crippen molar-refractivity contribution in [2.45, 2.75) is 25.8 Å². The predicted molar refractivity (Wildman–Crippen MR) is 55.0 cm³/mol. The number of Topliss-reactive ketones (excluding diaryl/α,β-unsaturated/α-hetero) is 1. The molecule has 1 aromatic rings. The molecule has 1 rings (SSSR count). The first kappa shape index (κ1) is 10.6. The summed E-state index contributed by atoms with van der Waals surface area (Å²) in [6, 6.07) is 9.41. The molecule has 3 nitrogen and oxygen atoms in total. The molecule has 3 heteroatoms. The lowest BCUT2D eigenvalue weighted by molar-refractivity contribution is -0.121. The molecule has 0 N–H and O–H groups in total. The average Bonchev–Trinajstić information content (AvgIpc) is 2.19. The smallest absolute Gasteiger partial charge is 0.161 e. The van der Waals surface area contributed by atoms with Crippen LogP contribution in [0.5, 0.6) is 0 Å². The summed E-state index contributed by atoms with van der Waals surface area (Å²) < 4.78 is 0. The molecule has 1 unspecified atom stereocenters. The van der Waals surface area contributed by atoms with Crippen LogP contribution in [0, 0.1) is 4.91 Å². The summed E-state index contributed by atoms with van der Waals surface area (Å²) in [6.07, 6.45) is 0.368. The molecule has 0 spiro atoms. The van der Waals surface area contributed by atoms with Crippen LogP contribution in [0.25, 0.3) is 0 Å². The lowest BCUT2D eigenvalue weighted by Crippen LogP contribution is -2.33. The Balaban J connectivity index is 2.86. The van der Waals surface area contributed by atoms with Gasteiger partial charge < -0.3 is 0 Å². The molecule has 0 saturated heterocycles. The van der Waals surface area contributed by atoms with Gasteiger partial charge in [-0.25, -0.2) is 0 Å². The molecule has 0 aliphatic rings. The maximum atomic E-state index is 11.2. The number of nitrogens with zero attached hydrogens (tertiary/aromatic N) is 1. The number of nitroso groups, excluding NO2 is 1. The molecule has 0 aliphatic carbocycles. The van der Waals surface area contributed by atoms with Crippen LogP contribution in [0.1, 0.15) is 19.4 Å². The van der Waals surface area contributed by atoms with E-state index in [-0.39, 0.29) is 5.78 Å². The van der Waals surface area contributed by atoms with Crippen LogP contribution < -0.4 is 0 Å². The molecule has 0 saturated carbocycles. The molecule has 0 bridgehead atoms. The van der Waals surface area contributed by atoms with Gasteiger partial charge in [-0.05, 0) is 19.4 Å². The summed E-state index contributed by atoms with van der Waals surface area (Å²) in [7, 11) is 0. The number of carbonyl (C=O) groups excluding carboxylic acids is 1. The first-order chi connectivity index (χ1) is 6.58. The molecule has 0 amide bonds. The van der Waals surface area contributed by atoms with Crippen LogP contribution in [-0.4, -0.2) is 11.3 Å². The molecule has 14 heavy (non-hydrogen) atoms. The van der Waals surface area contributed by atoms with E-state index in [1.54, 1.807) is 6.92 Å². The largest absolute Gasteiger partial charge is 0.297 e. The van der Waals surface area contributed by atoms with Crippen LogP contribution >= 0.6 is 0 Å². The Morgan fingerprint density at radius 1 is 1.36 bits per heavy atom. The maximum absolute atomic E-state index is 11.2. The second-order valence-corrected chi connectivity index (χ2v) is 3.58. The third kappa shape index (κ3) is 2.25. The van der Waals surface area contributed by atoms with E-state index in [9.17, 15) is 9.70 Å². The van der Waals surface area contributed by atoms with Crippen LogP contribution in [0.15, 0.2) is 35.5 Å². The van der Waals surface area contributed by atoms with Crippen LogP contribution in [0.3, 0.4) is 0 Å². The minimum atomic E-state index is -1.12.